The van der Waals surface area contributed by atoms with Crippen LogP contribution in [0, 0.1) is 0 Å². The van der Waals surface area contributed by atoms with E-state index in [1.54, 1.807) is 6.07 Å². The number of fused-ring (bicyclic) bond motifs is 1. The molecule has 6 heteroatoms. The zero-order valence-electron chi connectivity index (χ0n) is 8.83. The molecule has 0 spiro atoms. The first-order chi connectivity index (χ1) is 8.17. The summed E-state index contributed by atoms with van der Waals surface area (Å²) in [5.41, 5.74) is 1.01. The van der Waals surface area contributed by atoms with Gasteiger partial charge in [0.15, 0.2) is 27.8 Å². The molecule has 0 saturated carbocycles. The minimum atomic E-state index is -0.663. The number of hydrogen-bond donors (Lipinski definition) is 0. The van der Waals surface area contributed by atoms with Crippen LogP contribution in [0.4, 0.5) is 0 Å². The van der Waals surface area contributed by atoms with Gasteiger partial charge in [0, 0.05) is 0 Å². The summed E-state index contributed by atoms with van der Waals surface area (Å²) in [5.74, 6) is 0.431. The number of halogens is 2. The highest BCUT2D eigenvalue weighted by Crippen LogP contribution is 2.40. The second-order valence-corrected chi connectivity index (χ2v) is 4.31. The monoisotopic (exact) mass is 362 g/mol. The molecule has 1 aromatic rings. The van der Waals surface area contributed by atoms with Crippen molar-refractivity contribution in [2.75, 3.05) is 0 Å². The number of rotatable bonds is 2. The van der Waals surface area contributed by atoms with Gasteiger partial charge >= 0.3 is 5.97 Å². The first-order valence-corrected chi connectivity index (χ1v) is 6.31. The molecule has 1 heterocycles. The van der Waals surface area contributed by atoms with E-state index < -0.39 is 5.97 Å². The Bertz CT molecular complexity index is 496. The summed E-state index contributed by atoms with van der Waals surface area (Å²) < 4.78 is 15.6. The highest BCUT2D eigenvalue weighted by molar-refractivity contribution is 9.11. The van der Waals surface area contributed by atoms with Crippen molar-refractivity contribution in [1.29, 1.82) is 0 Å². The van der Waals surface area contributed by atoms with E-state index >= 15 is 0 Å². The third kappa shape index (κ3) is 2.32. The van der Waals surface area contributed by atoms with Crippen molar-refractivity contribution in [1.82, 2.24) is 0 Å². The molecular formula is C11H8Br2O4. The predicted octanol–water partition coefficient (Wildman–Crippen LogP) is 3.44. The number of hydrogen-bond acceptors (Lipinski definition) is 4. The van der Waals surface area contributed by atoms with Gasteiger partial charge in [0.05, 0.1) is 0 Å². The molecule has 2 rings (SSSR count). The largest absolute Gasteiger partial charge is 0.442 e. The van der Waals surface area contributed by atoms with Gasteiger partial charge in [0.2, 0.25) is 4.67 Å². The average Bonchev–Trinajstić information content (AvgIpc) is 2.36. The van der Waals surface area contributed by atoms with Crippen LogP contribution >= 0.6 is 32.2 Å². The number of benzene rings is 1. The lowest BCUT2D eigenvalue weighted by Crippen LogP contribution is -2.17. The molecule has 0 N–H and O–H groups in total. The highest BCUT2D eigenvalue weighted by atomic mass is 79.9. The molecule has 0 unspecified atom stereocenters. The molecule has 0 aliphatic carbocycles. The van der Waals surface area contributed by atoms with Crippen molar-refractivity contribution in [3.05, 3.63) is 34.2 Å². The van der Waals surface area contributed by atoms with Crippen LogP contribution in [-0.4, -0.2) is 5.97 Å². The fourth-order valence-electron chi connectivity index (χ4n) is 1.48. The maximum atomic E-state index is 11.4. The van der Waals surface area contributed by atoms with Gasteiger partial charge in [-0.15, -0.1) is 0 Å². The van der Waals surface area contributed by atoms with E-state index in [9.17, 15) is 4.79 Å². The van der Waals surface area contributed by atoms with E-state index in [1.165, 1.54) is 0 Å². The normalized spacial score (nSPS) is 13.6. The van der Waals surface area contributed by atoms with E-state index in [2.05, 4.69) is 36.0 Å². The number of para-hydroxylation sites is 1. The van der Waals surface area contributed by atoms with E-state index in [0.717, 1.165) is 12.0 Å². The van der Waals surface area contributed by atoms with Crippen molar-refractivity contribution in [3.63, 3.8) is 0 Å². The van der Waals surface area contributed by atoms with Gasteiger partial charge in [-0.2, -0.15) is 0 Å². The van der Waals surface area contributed by atoms with Crippen molar-refractivity contribution in [2.24, 2.45) is 0 Å². The number of ether oxygens (including phenoxy) is 2. The van der Waals surface area contributed by atoms with Gasteiger partial charge < -0.3 is 13.3 Å². The van der Waals surface area contributed by atoms with Crippen LogP contribution in [0.1, 0.15) is 12.5 Å². The Morgan fingerprint density at radius 3 is 2.82 bits per heavy atom. The first kappa shape index (κ1) is 12.4. The molecule has 17 heavy (non-hydrogen) atoms. The topological polar surface area (TPSA) is 44.8 Å². The first-order valence-electron chi connectivity index (χ1n) is 4.87. The third-order valence-corrected chi connectivity index (χ3v) is 3.10. The Balaban J connectivity index is 2.41. The lowest BCUT2D eigenvalue weighted by molar-refractivity contribution is -0.130. The summed E-state index contributed by atoms with van der Waals surface area (Å²) in [5, 5.41) is 0. The average molecular weight is 364 g/mol. The summed E-state index contributed by atoms with van der Waals surface area (Å²) >= 11 is 5.75. The van der Waals surface area contributed by atoms with E-state index in [1.807, 2.05) is 19.1 Å². The van der Waals surface area contributed by atoms with E-state index in [4.69, 9.17) is 9.47 Å². The maximum Gasteiger partial charge on any atom is 0.390 e. The lowest BCUT2D eigenvalue weighted by atomic mass is 10.1. The lowest BCUT2D eigenvalue weighted by Gasteiger charge is -2.21. The van der Waals surface area contributed by atoms with Gasteiger partial charge in [0.1, 0.15) is 0 Å². The molecule has 0 saturated heterocycles. The van der Waals surface area contributed by atoms with Gasteiger partial charge in [-0.1, -0.05) is 19.1 Å². The molecule has 0 atom stereocenters. The Morgan fingerprint density at radius 2 is 2.18 bits per heavy atom. The van der Waals surface area contributed by atoms with Crippen molar-refractivity contribution in [2.45, 2.75) is 13.3 Å². The standard InChI is InChI=1S/C11H8Br2O4/c1-2-6-4-3-5-7-8(6)16-10(12)9(15-7)11(14)17-13/h3-5H,2H2,1H3. The molecule has 1 aliphatic rings. The van der Waals surface area contributed by atoms with Crippen molar-refractivity contribution >= 4 is 38.2 Å². The molecule has 0 radical (unpaired) electrons. The number of carbonyl (C=O) groups excluding carboxylic acids is 1. The minimum absolute atomic E-state index is 0.0253. The summed E-state index contributed by atoms with van der Waals surface area (Å²) in [6, 6.07) is 5.52. The Morgan fingerprint density at radius 1 is 1.41 bits per heavy atom. The van der Waals surface area contributed by atoms with Gasteiger partial charge in [0.25, 0.3) is 5.76 Å². The summed E-state index contributed by atoms with van der Waals surface area (Å²) in [6.45, 7) is 2.01. The molecule has 90 valence electrons. The van der Waals surface area contributed by atoms with E-state index in [0.29, 0.717) is 11.5 Å². The number of carbonyl (C=O) groups is 1. The van der Waals surface area contributed by atoms with Crippen LogP contribution in [0.15, 0.2) is 28.6 Å². The minimum Gasteiger partial charge on any atom is -0.442 e. The van der Waals surface area contributed by atoms with Crippen LogP contribution in [0.2, 0.25) is 0 Å². The van der Waals surface area contributed by atoms with E-state index in [-0.39, 0.29) is 10.4 Å². The second-order valence-electron chi connectivity index (χ2n) is 3.27. The van der Waals surface area contributed by atoms with Gasteiger partial charge in [-0.05, 0) is 34.0 Å². The van der Waals surface area contributed by atoms with Crippen molar-refractivity contribution in [3.8, 4) is 11.5 Å². The zero-order valence-corrected chi connectivity index (χ0v) is 12.0. The molecular weight excluding hydrogens is 356 g/mol. The second kappa shape index (κ2) is 5.10. The SMILES string of the molecule is CCc1cccc2c1OC(Br)=C(C(=O)OBr)O2. The summed E-state index contributed by atoms with van der Waals surface area (Å²) in [6.07, 6.45) is 0.811. The van der Waals surface area contributed by atoms with Crippen LogP contribution in [0.5, 0.6) is 11.5 Å². The van der Waals surface area contributed by atoms with Crippen molar-refractivity contribution < 1.29 is 18.1 Å². The smallest absolute Gasteiger partial charge is 0.390 e. The Labute approximate surface area is 115 Å². The molecule has 0 fully saturated rings. The molecule has 1 aromatic carbocycles. The Hall–Kier alpha value is -1.01. The number of aryl methyl sites for hydroxylation is 1. The van der Waals surface area contributed by atoms with Crippen LogP contribution in [0.25, 0.3) is 0 Å². The fraction of sp³-hybridized carbons (Fsp3) is 0.182. The van der Waals surface area contributed by atoms with Crippen LogP contribution in [-0.2, 0) is 15.0 Å². The van der Waals surface area contributed by atoms with Crippen LogP contribution < -0.4 is 9.47 Å². The highest BCUT2D eigenvalue weighted by Gasteiger charge is 2.28. The maximum absolute atomic E-state index is 11.4. The van der Waals surface area contributed by atoms with Gasteiger partial charge in [-0.3, -0.25) is 0 Å². The molecule has 0 bridgehead atoms. The Kier molecular flexibility index (Phi) is 3.73. The molecule has 1 aliphatic heterocycles. The zero-order chi connectivity index (χ0) is 12.4. The van der Waals surface area contributed by atoms with Gasteiger partial charge in [-0.25, -0.2) is 4.79 Å². The summed E-state index contributed by atoms with van der Waals surface area (Å²) in [4.78, 5) is 11.4. The molecule has 0 aromatic heterocycles. The third-order valence-electron chi connectivity index (χ3n) is 2.28. The predicted molar refractivity (Wildman–Crippen MR) is 68.0 cm³/mol. The van der Waals surface area contributed by atoms with Crippen LogP contribution in [0.3, 0.4) is 0 Å². The quantitative estimate of drug-likeness (QED) is 0.807. The molecule has 0 amide bonds. The fourth-order valence-corrected chi connectivity index (χ4v) is 2.03. The molecule has 4 nitrogen and oxygen atoms in total. The summed E-state index contributed by atoms with van der Waals surface area (Å²) in [7, 11) is 0.